The Bertz CT molecular complexity index is 1220. The van der Waals surface area contributed by atoms with Crippen LogP contribution in [0.3, 0.4) is 0 Å². The summed E-state index contributed by atoms with van der Waals surface area (Å²) in [5.41, 5.74) is 8.48. The second-order valence-electron chi connectivity index (χ2n) is 8.44. The molecule has 11 nitrogen and oxygen atoms in total. The minimum absolute atomic E-state index is 0.206. The molecule has 0 bridgehead atoms. The summed E-state index contributed by atoms with van der Waals surface area (Å²) in [4.78, 5) is 37.4. The van der Waals surface area contributed by atoms with Crippen molar-refractivity contribution in [3.8, 4) is 24.2 Å². The van der Waals surface area contributed by atoms with E-state index in [1.54, 1.807) is 28.6 Å². The van der Waals surface area contributed by atoms with E-state index in [1.807, 2.05) is 0 Å². The Morgan fingerprint density at radius 3 is 2.42 bits per heavy atom. The molecule has 2 saturated heterocycles. The Balaban J connectivity index is 0.00000148. The Labute approximate surface area is 213 Å². The highest BCUT2D eigenvalue weighted by Crippen LogP contribution is 2.38. The molecule has 0 aliphatic carbocycles. The Kier molecular flexibility index (Phi) is 8.27. The lowest BCUT2D eigenvalue weighted by Gasteiger charge is -2.34. The second-order valence-corrected chi connectivity index (χ2v) is 9.55. The Hall–Kier alpha value is -3.37. The van der Waals surface area contributed by atoms with Crippen LogP contribution in [-0.4, -0.2) is 99.8 Å². The third kappa shape index (κ3) is 5.39. The molecule has 3 N–H and O–H groups in total. The summed E-state index contributed by atoms with van der Waals surface area (Å²) in [6.07, 6.45) is 11.3. The van der Waals surface area contributed by atoms with Gasteiger partial charge in [0, 0.05) is 63.1 Å². The quantitative estimate of drug-likeness (QED) is 0.474. The minimum Gasteiger partial charge on any atom is -0.387 e. The highest BCUT2D eigenvalue weighted by molar-refractivity contribution is 7.19. The molecular weight excluding hydrogens is 480 g/mol. The van der Waals surface area contributed by atoms with E-state index in [1.165, 1.54) is 4.88 Å². The number of nitrogens with zero attached hydrogens (tertiary/aromatic N) is 7. The van der Waals surface area contributed by atoms with E-state index in [0.29, 0.717) is 32.1 Å². The van der Waals surface area contributed by atoms with Crippen molar-refractivity contribution in [3.05, 3.63) is 22.8 Å². The molecule has 0 atom stereocenters. The van der Waals surface area contributed by atoms with Crippen LogP contribution < -0.4 is 10.6 Å². The number of piperazine rings is 1. The largest absolute Gasteiger partial charge is 0.387 e. The first-order valence-corrected chi connectivity index (χ1v) is 12.5. The molecule has 0 aromatic carbocycles. The molecule has 2 aliphatic rings. The fourth-order valence-corrected chi connectivity index (χ4v) is 5.60. The molecule has 0 spiro atoms. The van der Waals surface area contributed by atoms with Gasteiger partial charge in [0.25, 0.3) is 0 Å². The summed E-state index contributed by atoms with van der Waals surface area (Å²) >= 11 is 1.73. The molecule has 2 fully saturated rings. The predicted molar refractivity (Wildman–Crippen MR) is 139 cm³/mol. The zero-order valence-corrected chi connectivity index (χ0v) is 21.1. The molecule has 2 aliphatic heterocycles. The van der Waals surface area contributed by atoms with Crippen LogP contribution in [-0.2, 0) is 16.1 Å². The normalized spacial score (nSPS) is 16.6. The van der Waals surface area contributed by atoms with Crippen LogP contribution in [0.5, 0.6) is 0 Å². The molecule has 36 heavy (non-hydrogen) atoms. The molecule has 1 amide bonds. The van der Waals surface area contributed by atoms with Crippen molar-refractivity contribution in [3.63, 3.8) is 0 Å². The van der Waals surface area contributed by atoms with E-state index in [4.69, 9.17) is 25.5 Å². The number of amides is 1. The van der Waals surface area contributed by atoms with Crippen molar-refractivity contribution in [2.45, 2.75) is 13.5 Å². The van der Waals surface area contributed by atoms with E-state index in [2.05, 4.69) is 39.5 Å². The summed E-state index contributed by atoms with van der Waals surface area (Å²) in [5.74, 6) is 1.51. The highest BCUT2D eigenvalue weighted by Gasteiger charge is 2.25. The van der Waals surface area contributed by atoms with E-state index in [9.17, 15) is 4.79 Å². The topological polar surface area (TPSA) is 134 Å². The van der Waals surface area contributed by atoms with Crippen LogP contribution in [0.15, 0.2) is 12.4 Å². The number of hydrogen-bond donors (Lipinski definition) is 2. The van der Waals surface area contributed by atoms with Gasteiger partial charge in [0.1, 0.15) is 6.61 Å². The van der Waals surface area contributed by atoms with Gasteiger partial charge < -0.3 is 25.4 Å². The van der Waals surface area contributed by atoms with Crippen LogP contribution in [0, 0.1) is 19.8 Å². The smallest absolute Gasteiger partial charge is 0.248 e. The van der Waals surface area contributed by atoms with Crippen molar-refractivity contribution in [2.75, 3.05) is 69.7 Å². The third-order valence-electron chi connectivity index (χ3n) is 6.31. The SMILES string of the molecule is C#C.Cc1c(CN2CCN(C(=O)CO)CC2)sc2c(N3CCOCC3)nc(-c3cnc(N)nc3)nc12. The molecule has 5 heterocycles. The molecule has 0 saturated carbocycles. The Morgan fingerprint density at radius 1 is 1.11 bits per heavy atom. The summed E-state index contributed by atoms with van der Waals surface area (Å²) in [7, 11) is 0. The summed E-state index contributed by atoms with van der Waals surface area (Å²) in [5, 5.41) is 9.12. The van der Waals surface area contributed by atoms with Gasteiger partial charge in [-0.3, -0.25) is 9.69 Å². The molecule has 0 radical (unpaired) electrons. The summed E-state index contributed by atoms with van der Waals surface area (Å²) in [6, 6.07) is 0. The van der Waals surface area contributed by atoms with Crippen molar-refractivity contribution in [1.29, 1.82) is 0 Å². The number of carbonyl (C=O) groups is 1. The maximum absolute atomic E-state index is 11.8. The van der Waals surface area contributed by atoms with Crippen molar-refractivity contribution >= 4 is 39.2 Å². The number of ether oxygens (including phenoxy) is 1. The average Bonchev–Trinajstić information content (AvgIpc) is 3.25. The van der Waals surface area contributed by atoms with E-state index < -0.39 is 6.61 Å². The fraction of sp³-hybridized carbons (Fsp3) is 0.458. The number of fused-ring (bicyclic) bond motifs is 1. The van der Waals surface area contributed by atoms with Crippen LogP contribution in [0.2, 0.25) is 0 Å². The number of morpholine rings is 1. The van der Waals surface area contributed by atoms with Gasteiger partial charge in [0.2, 0.25) is 11.9 Å². The lowest BCUT2D eigenvalue weighted by atomic mass is 10.2. The number of aryl methyl sites for hydroxylation is 1. The Morgan fingerprint density at radius 2 is 1.78 bits per heavy atom. The monoisotopic (exact) mass is 510 g/mol. The minimum atomic E-state index is -0.431. The van der Waals surface area contributed by atoms with Crippen molar-refractivity contribution < 1.29 is 14.6 Å². The molecule has 3 aromatic rings. The highest BCUT2D eigenvalue weighted by atomic mass is 32.1. The number of rotatable bonds is 5. The third-order valence-corrected chi connectivity index (χ3v) is 7.58. The number of carbonyl (C=O) groups excluding carboxylic acids is 1. The van der Waals surface area contributed by atoms with Crippen LogP contribution in [0.1, 0.15) is 10.4 Å². The van der Waals surface area contributed by atoms with Crippen LogP contribution in [0.4, 0.5) is 11.8 Å². The number of aromatic nitrogens is 4. The second kappa shape index (κ2) is 11.6. The standard InChI is InChI=1S/C22H28N8O3S.C2H2/c1-14-16(12-28-2-4-29(5-3-28)17(32)13-31)34-19-18(14)26-20(15-10-24-22(23)25-11-15)27-21(19)30-6-8-33-9-7-30;1-2/h10-11,31H,2-9,12-13H2,1H3,(H2,23,24,25);1-2H. The maximum atomic E-state index is 11.8. The number of thiophene rings is 1. The molecule has 12 heteroatoms. The fourth-order valence-electron chi connectivity index (χ4n) is 4.30. The first kappa shape index (κ1) is 25.7. The molecular formula is C24H30N8O3S. The first-order valence-electron chi connectivity index (χ1n) is 11.7. The summed E-state index contributed by atoms with van der Waals surface area (Å²) in [6.45, 7) is 8.15. The zero-order valence-electron chi connectivity index (χ0n) is 20.3. The van der Waals surface area contributed by atoms with E-state index >= 15 is 0 Å². The number of aliphatic hydroxyl groups is 1. The molecule has 5 rings (SSSR count). The van der Waals surface area contributed by atoms with Crippen molar-refractivity contribution in [2.24, 2.45) is 0 Å². The number of nitrogen functional groups attached to an aromatic ring is 1. The van der Waals surface area contributed by atoms with Crippen LogP contribution in [0.25, 0.3) is 21.6 Å². The van der Waals surface area contributed by atoms with Gasteiger partial charge in [-0.25, -0.2) is 19.9 Å². The lowest BCUT2D eigenvalue weighted by molar-refractivity contribution is -0.135. The lowest BCUT2D eigenvalue weighted by Crippen LogP contribution is -2.49. The van der Waals surface area contributed by atoms with Gasteiger partial charge in [-0.2, -0.15) is 0 Å². The van der Waals surface area contributed by atoms with Crippen molar-refractivity contribution in [1.82, 2.24) is 29.7 Å². The molecule has 0 unspecified atom stereocenters. The average molecular weight is 511 g/mol. The van der Waals surface area contributed by atoms with Gasteiger partial charge in [0.15, 0.2) is 11.6 Å². The number of aliphatic hydroxyl groups excluding tert-OH is 1. The van der Waals surface area contributed by atoms with Gasteiger partial charge >= 0.3 is 0 Å². The maximum Gasteiger partial charge on any atom is 0.248 e. The van der Waals surface area contributed by atoms with Gasteiger partial charge in [-0.1, -0.05) is 0 Å². The number of anilines is 2. The van der Waals surface area contributed by atoms with Crippen LogP contribution >= 0.6 is 11.3 Å². The predicted octanol–water partition coefficient (Wildman–Crippen LogP) is 0.761. The van der Waals surface area contributed by atoms with Gasteiger partial charge in [-0.05, 0) is 12.5 Å². The van der Waals surface area contributed by atoms with Gasteiger partial charge in [0.05, 0.1) is 29.0 Å². The number of nitrogens with two attached hydrogens (primary N) is 1. The zero-order chi connectivity index (χ0) is 25.7. The van der Waals surface area contributed by atoms with E-state index in [-0.39, 0.29) is 11.9 Å². The van der Waals surface area contributed by atoms with E-state index in [0.717, 1.165) is 59.9 Å². The molecule has 3 aromatic heterocycles. The number of hydrogen-bond acceptors (Lipinski definition) is 11. The number of terminal acetylenes is 1. The summed E-state index contributed by atoms with van der Waals surface area (Å²) < 4.78 is 6.63. The van der Waals surface area contributed by atoms with Gasteiger partial charge in [-0.15, -0.1) is 24.2 Å². The first-order chi connectivity index (χ1) is 17.5. The molecule has 190 valence electrons.